The third kappa shape index (κ3) is 1.78. The number of aromatic nitrogens is 5. The highest BCUT2D eigenvalue weighted by atomic mass is 79.9. The van der Waals surface area contributed by atoms with Crippen molar-refractivity contribution in [2.45, 2.75) is 13.5 Å². The van der Waals surface area contributed by atoms with Crippen LogP contribution in [0.4, 0.5) is 0 Å². The van der Waals surface area contributed by atoms with Gasteiger partial charge in [0.1, 0.15) is 11.8 Å². The Labute approximate surface area is 112 Å². The fraction of sp³-hybridized carbons (Fsp3) is 0.167. The van der Waals surface area contributed by atoms with Gasteiger partial charge >= 0.3 is 0 Å². The largest absolute Gasteiger partial charge is 0.345 e. The Morgan fingerprint density at radius 2 is 2.00 bits per heavy atom. The average Bonchev–Trinajstić information content (AvgIpc) is 2.76. The topological polar surface area (TPSA) is 56.5 Å². The number of rotatable bonds is 2. The van der Waals surface area contributed by atoms with Crippen molar-refractivity contribution >= 4 is 27.0 Å². The predicted molar refractivity (Wildman–Crippen MR) is 71.9 cm³/mol. The summed E-state index contributed by atoms with van der Waals surface area (Å²) in [4.78, 5) is 7.99. The quantitative estimate of drug-likeness (QED) is 0.730. The molecule has 0 aliphatic heterocycles. The molecule has 0 aliphatic carbocycles. The number of halogens is 1. The maximum atomic E-state index is 4.25. The van der Waals surface area contributed by atoms with E-state index in [2.05, 4.69) is 47.6 Å². The van der Waals surface area contributed by atoms with E-state index in [0.717, 1.165) is 33.3 Å². The van der Waals surface area contributed by atoms with Crippen LogP contribution in [-0.2, 0) is 6.54 Å². The van der Waals surface area contributed by atoms with E-state index in [0.29, 0.717) is 0 Å². The summed E-state index contributed by atoms with van der Waals surface area (Å²) in [6.07, 6.45) is 6.99. The van der Waals surface area contributed by atoms with Gasteiger partial charge in [0.2, 0.25) is 0 Å². The Kier molecular flexibility index (Phi) is 2.79. The van der Waals surface area contributed by atoms with Crippen molar-refractivity contribution in [3.8, 4) is 11.3 Å². The van der Waals surface area contributed by atoms with Crippen LogP contribution in [0.15, 0.2) is 35.5 Å². The minimum Gasteiger partial charge on any atom is -0.345 e. The van der Waals surface area contributed by atoms with Gasteiger partial charge in [0, 0.05) is 30.7 Å². The van der Waals surface area contributed by atoms with Gasteiger partial charge in [-0.2, -0.15) is 0 Å². The predicted octanol–water partition coefficient (Wildman–Crippen LogP) is 2.67. The van der Waals surface area contributed by atoms with E-state index in [9.17, 15) is 0 Å². The van der Waals surface area contributed by atoms with Gasteiger partial charge in [-0.15, -0.1) is 10.2 Å². The second-order valence-corrected chi connectivity index (χ2v) is 4.71. The average molecular weight is 304 g/mol. The molecule has 6 heteroatoms. The van der Waals surface area contributed by atoms with Crippen LogP contribution in [0.1, 0.15) is 6.92 Å². The van der Waals surface area contributed by atoms with Crippen LogP contribution in [0.2, 0.25) is 0 Å². The highest BCUT2D eigenvalue weighted by Crippen LogP contribution is 2.26. The van der Waals surface area contributed by atoms with Crippen LogP contribution in [0, 0.1) is 0 Å². The summed E-state index contributed by atoms with van der Waals surface area (Å²) in [7, 11) is 0. The number of hydrogen-bond acceptors (Lipinski definition) is 4. The molecule has 0 radical (unpaired) electrons. The number of aryl methyl sites for hydroxylation is 1. The molecule has 0 atom stereocenters. The lowest BCUT2D eigenvalue weighted by Crippen LogP contribution is -1.94. The van der Waals surface area contributed by atoms with E-state index < -0.39 is 0 Å². The summed E-state index contributed by atoms with van der Waals surface area (Å²) in [6.45, 7) is 2.98. The Morgan fingerprint density at radius 3 is 2.72 bits per heavy atom. The fourth-order valence-corrected chi connectivity index (χ4v) is 2.40. The van der Waals surface area contributed by atoms with Crippen LogP contribution < -0.4 is 0 Å². The minimum absolute atomic E-state index is 0.781. The zero-order chi connectivity index (χ0) is 12.5. The zero-order valence-corrected chi connectivity index (χ0v) is 11.3. The Balaban J connectivity index is 2.22. The second kappa shape index (κ2) is 4.45. The van der Waals surface area contributed by atoms with Gasteiger partial charge in [-0.3, -0.25) is 0 Å². The third-order valence-corrected chi connectivity index (χ3v) is 3.36. The molecule has 3 aromatic heterocycles. The Morgan fingerprint density at radius 1 is 1.22 bits per heavy atom. The highest BCUT2D eigenvalue weighted by molar-refractivity contribution is 9.10. The van der Waals surface area contributed by atoms with Crippen molar-refractivity contribution in [2.24, 2.45) is 0 Å². The van der Waals surface area contributed by atoms with E-state index in [4.69, 9.17) is 0 Å². The monoisotopic (exact) mass is 303 g/mol. The van der Waals surface area contributed by atoms with Crippen LogP contribution in [0.5, 0.6) is 0 Å². The molecule has 18 heavy (non-hydrogen) atoms. The zero-order valence-electron chi connectivity index (χ0n) is 9.71. The van der Waals surface area contributed by atoms with E-state index in [-0.39, 0.29) is 0 Å². The normalized spacial score (nSPS) is 11.0. The molecule has 0 unspecified atom stereocenters. The van der Waals surface area contributed by atoms with E-state index in [1.54, 1.807) is 12.4 Å². The molecule has 0 amide bonds. The summed E-state index contributed by atoms with van der Waals surface area (Å²) in [5.74, 6) is 0. The van der Waals surface area contributed by atoms with Crippen molar-refractivity contribution < 1.29 is 0 Å². The fourth-order valence-electron chi connectivity index (χ4n) is 1.87. The van der Waals surface area contributed by atoms with Crippen LogP contribution in [0.3, 0.4) is 0 Å². The summed E-state index contributed by atoms with van der Waals surface area (Å²) < 4.78 is 3.09. The number of hydrogen-bond donors (Lipinski definition) is 0. The van der Waals surface area contributed by atoms with Gasteiger partial charge in [0.05, 0.1) is 15.7 Å². The lowest BCUT2D eigenvalue weighted by atomic mass is 10.2. The summed E-state index contributed by atoms with van der Waals surface area (Å²) in [6, 6.07) is 2.01. The summed E-state index contributed by atoms with van der Waals surface area (Å²) >= 11 is 3.49. The standard InChI is InChI=1S/C12H10BrN5/c1-2-18-6-9(13)12-11(18)3-10(16-17-12)8-4-14-7-15-5-8/h3-7H,2H2,1H3. The van der Waals surface area contributed by atoms with Crippen molar-refractivity contribution in [3.63, 3.8) is 0 Å². The van der Waals surface area contributed by atoms with Crippen molar-refractivity contribution in [1.29, 1.82) is 0 Å². The molecule has 0 spiro atoms. The Bertz CT molecular complexity index is 692. The van der Waals surface area contributed by atoms with Gasteiger partial charge in [0.15, 0.2) is 0 Å². The van der Waals surface area contributed by atoms with Gasteiger partial charge in [-0.1, -0.05) is 0 Å². The Hall–Kier alpha value is -1.82. The SMILES string of the molecule is CCn1cc(Br)c2nnc(-c3cncnc3)cc21. The molecule has 0 N–H and O–H groups in total. The molecule has 0 saturated carbocycles. The molecule has 0 bridgehead atoms. The first-order chi connectivity index (χ1) is 8.79. The van der Waals surface area contributed by atoms with Crippen molar-refractivity contribution in [2.75, 3.05) is 0 Å². The third-order valence-electron chi connectivity index (χ3n) is 2.78. The molecule has 90 valence electrons. The van der Waals surface area contributed by atoms with E-state index in [1.165, 1.54) is 6.33 Å². The first-order valence-corrected chi connectivity index (χ1v) is 6.36. The van der Waals surface area contributed by atoms with Crippen molar-refractivity contribution in [1.82, 2.24) is 24.7 Å². The van der Waals surface area contributed by atoms with Gasteiger partial charge in [-0.25, -0.2) is 9.97 Å². The molecular weight excluding hydrogens is 294 g/mol. The minimum atomic E-state index is 0.781. The number of fused-ring (bicyclic) bond motifs is 1. The number of nitrogens with zero attached hydrogens (tertiary/aromatic N) is 5. The van der Waals surface area contributed by atoms with Gasteiger partial charge < -0.3 is 4.57 Å². The van der Waals surface area contributed by atoms with Crippen LogP contribution >= 0.6 is 15.9 Å². The van der Waals surface area contributed by atoms with E-state index >= 15 is 0 Å². The van der Waals surface area contributed by atoms with Crippen LogP contribution in [0.25, 0.3) is 22.3 Å². The first-order valence-electron chi connectivity index (χ1n) is 5.57. The highest BCUT2D eigenvalue weighted by Gasteiger charge is 2.10. The molecule has 3 heterocycles. The molecule has 0 aromatic carbocycles. The first kappa shape index (κ1) is 11.3. The maximum absolute atomic E-state index is 4.25. The maximum Gasteiger partial charge on any atom is 0.125 e. The van der Waals surface area contributed by atoms with E-state index in [1.807, 2.05) is 12.3 Å². The van der Waals surface area contributed by atoms with Crippen LogP contribution in [-0.4, -0.2) is 24.7 Å². The second-order valence-electron chi connectivity index (χ2n) is 3.85. The molecule has 3 rings (SSSR count). The van der Waals surface area contributed by atoms with Gasteiger partial charge in [0.25, 0.3) is 0 Å². The summed E-state index contributed by atoms with van der Waals surface area (Å²) in [5, 5.41) is 8.46. The molecule has 5 nitrogen and oxygen atoms in total. The molecule has 3 aromatic rings. The van der Waals surface area contributed by atoms with Gasteiger partial charge in [-0.05, 0) is 28.9 Å². The molecule has 0 fully saturated rings. The molecule has 0 saturated heterocycles. The smallest absolute Gasteiger partial charge is 0.125 e. The lowest BCUT2D eigenvalue weighted by molar-refractivity contribution is 0.795. The molecular formula is C12H10BrN5. The molecule has 0 aliphatic rings. The lowest BCUT2D eigenvalue weighted by Gasteiger charge is -2.02. The van der Waals surface area contributed by atoms with Crippen molar-refractivity contribution in [3.05, 3.63) is 35.5 Å². The summed E-state index contributed by atoms with van der Waals surface area (Å²) in [5.41, 5.74) is 3.57.